The normalized spacial score (nSPS) is 19.3. The highest BCUT2D eigenvalue weighted by Gasteiger charge is 2.21. The van der Waals surface area contributed by atoms with Crippen LogP contribution in [0.4, 0.5) is 4.39 Å². The Balaban J connectivity index is 2.06. The zero-order valence-corrected chi connectivity index (χ0v) is 10.5. The number of aromatic nitrogens is 2. The maximum atomic E-state index is 14.0. The lowest BCUT2D eigenvalue weighted by Crippen LogP contribution is -2.16. The number of benzene rings is 1. The molecule has 1 aliphatic heterocycles. The Labute approximate surface area is 110 Å². The van der Waals surface area contributed by atoms with Crippen LogP contribution in [0.15, 0.2) is 30.7 Å². The average molecular weight is 266 g/mol. The van der Waals surface area contributed by atoms with Crippen LogP contribution in [0.2, 0.25) is 5.02 Å². The third-order valence-electron chi connectivity index (χ3n) is 3.28. The van der Waals surface area contributed by atoms with Gasteiger partial charge < -0.3 is 5.32 Å². The van der Waals surface area contributed by atoms with Crippen molar-refractivity contribution in [1.82, 2.24) is 14.9 Å². The summed E-state index contributed by atoms with van der Waals surface area (Å²) in [5.74, 6) is -0.406. The zero-order chi connectivity index (χ0) is 12.5. The van der Waals surface area contributed by atoms with Gasteiger partial charge in [-0.05, 0) is 31.5 Å². The molecule has 5 heteroatoms. The van der Waals surface area contributed by atoms with E-state index in [1.807, 2.05) is 0 Å². The van der Waals surface area contributed by atoms with Crippen LogP contribution in [0.3, 0.4) is 0 Å². The Kier molecular flexibility index (Phi) is 3.06. The van der Waals surface area contributed by atoms with Crippen molar-refractivity contribution in [3.05, 3.63) is 47.3 Å². The second-order valence-corrected chi connectivity index (χ2v) is 4.82. The van der Waals surface area contributed by atoms with Crippen LogP contribution in [0.5, 0.6) is 0 Å². The Morgan fingerprint density at radius 3 is 3.11 bits per heavy atom. The standard InChI is InChI=1S/C13H13ClFN3/c14-9-3-1-5-11(13(9)15)18-8-16-7-12(18)10-4-2-6-17-10/h1,3,5,7-8,10,17H,2,4,6H2. The van der Waals surface area contributed by atoms with E-state index in [4.69, 9.17) is 11.6 Å². The van der Waals surface area contributed by atoms with Crippen LogP contribution in [0, 0.1) is 5.82 Å². The quantitative estimate of drug-likeness (QED) is 0.904. The summed E-state index contributed by atoms with van der Waals surface area (Å²) in [6.07, 6.45) is 5.59. The summed E-state index contributed by atoms with van der Waals surface area (Å²) in [6, 6.07) is 5.24. The van der Waals surface area contributed by atoms with Crippen molar-refractivity contribution in [2.75, 3.05) is 6.54 Å². The summed E-state index contributed by atoms with van der Waals surface area (Å²) in [6.45, 7) is 0.994. The topological polar surface area (TPSA) is 29.9 Å². The minimum atomic E-state index is -0.406. The third-order valence-corrected chi connectivity index (χ3v) is 3.57. The summed E-state index contributed by atoms with van der Waals surface area (Å²) in [5.41, 5.74) is 1.43. The molecule has 2 aromatic rings. The molecule has 1 saturated heterocycles. The number of imidazole rings is 1. The number of nitrogens with one attached hydrogen (secondary N) is 1. The first kappa shape index (κ1) is 11.7. The van der Waals surface area contributed by atoms with Gasteiger partial charge in [0, 0.05) is 6.04 Å². The largest absolute Gasteiger partial charge is 0.309 e. The summed E-state index contributed by atoms with van der Waals surface area (Å²) in [7, 11) is 0. The fourth-order valence-electron chi connectivity index (χ4n) is 2.38. The first-order valence-corrected chi connectivity index (χ1v) is 6.35. The van der Waals surface area contributed by atoms with Crippen molar-refractivity contribution >= 4 is 11.6 Å². The molecule has 1 N–H and O–H groups in total. The molecule has 0 radical (unpaired) electrons. The molecular weight excluding hydrogens is 253 g/mol. The van der Waals surface area contributed by atoms with Gasteiger partial charge in [-0.25, -0.2) is 9.37 Å². The van der Waals surface area contributed by atoms with Crippen molar-refractivity contribution in [3.8, 4) is 5.69 Å². The highest BCUT2D eigenvalue weighted by Crippen LogP contribution is 2.27. The van der Waals surface area contributed by atoms with Gasteiger partial charge in [-0.3, -0.25) is 4.57 Å². The second kappa shape index (κ2) is 4.71. The molecule has 1 aromatic heterocycles. The van der Waals surface area contributed by atoms with Gasteiger partial charge in [0.15, 0.2) is 5.82 Å². The SMILES string of the molecule is Fc1c(Cl)cccc1-n1cncc1C1CCCN1. The molecule has 1 aromatic carbocycles. The summed E-state index contributed by atoms with van der Waals surface area (Å²) in [4.78, 5) is 4.13. The minimum absolute atomic E-state index is 0.131. The first-order valence-electron chi connectivity index (χ1n) is 5.97. The Morgan fingerprint density at radius 2 is 2.33 bits per heavy atom. The fourth-order valence-corrected chi connectivity index (χ4v) is 2.55. The third kappa shape index (κ3) is 1.91. The molecule has 3 rings (SSSR count). The Hall–Kier alpha value is -1.39. The molecule has 0 amide bonds. The van der Waals surface area contributed by atoms with Gasteiger partial charge >= 0.3 is 0 Å². The summed E-state index contributed by atoms with van der Waals surface area (Å²) < 4.78 is 15.8. The summed E-state index contributed by atoms with van der Waals surface area (Å²) in [5, 5.41) is 3.52. The molecule has 1 atom stereocenters. The number of nitrogens with zero attached hydrogens (tertiary/aromatic N) is 2. The van der Waals surface area contributed by atoms with Crippen molar-refractivity contribution in [1.29, 1.82) is 0 Å². The number of rotatable bonds is 2. The van der Waals surface area contributed by atoms with Crippen molar-refractivity contribution in [3.63, 3.8) is 0 Å². The molecule has 0 bridgehead atoms. The number of halogens is 2. The van der Waals surface area contributed by atoms with Gasteiger partial charge in [0.25, 0.3) is 0 Å². The molecular formula is C13H13ClFN3. The lowest BCUT2D eigenvalue weighted by Gasteiger charge is -2.14. The van der Waals surface area contributed by atoms with Gasteiger partial charge in [-0.15, -0.1) is 0 Å². The van der Waals surface area contributed by atoms with E-state index in [1.165, 1.54) is 0 Å². The predicted octanol–water partition coefficient (Wildman–Crippen LogP) is 3.09. The Bertz CT molecular complexity index is 561. The predicted molar refractivity (Wildman–Crippen MR) is 68.5 cm³/mol. The van der Waals surface area contributed by atoms with Crippen LogP contribution in [0.25, 0.3) is 5.69 Å². The second-order valence-electron chi connectivity index (χ2n) is 4.41. The van der Waals surface area contributed by atoms with E-state index in [-0.39, 0.29) is 11.1 Å². The van der Waals surface area contributed by atoms with Crippen LogP contribution >= 0.6 is 11.6 Å². The number of hydrogen-bond donors (Lipinski definition) is 1. The van der Waals surface area contributed by atoms with E-state index < -0.39 is 5.82 Å². The molecule has 0 spiro atoms. The maximum Gasteiger partial charge on any atom is 0.165 e. The lowest BCUT2D eigenvalue weighted by atomic mass is 10.1. The van der Waals surface area contributed by atoms with Crippen LogP contribution in [0.1, 0.15) is 24.6 Å². The maximum absolute atomic E-state index is 14.0. The van der Waals surface area contributed by atoms with E-state index in [1.54, 1.807) is 35.3 Å². The van der Waals surface area contributed by atoms with E-state index in [9.17, 15) is 4.39 Å². The van der Waals surface area contributed by atoms with E-state index in [0.29, 0.717) is 5.69 Å². The van der Waals surface area contributed by atoms with Crippen molar-refractivity contribution < 1.29 is 4.39 Å². The van der Waals surface area contributed by atoms with E-state index in [2.05, 4.69) is 10.3 Å². The summed E-state index contributed by atoms with van der Waals surface area (Å²) >= 11 is 5.82. The molecule has 2 heterocycles. The van der Waals surface area contributed by atoms with Gasteiger partial charge in [0.05, 0.1) is 28.9 Å². The monoisotopic (exact) mass is 265 g/mol. The molecule has 3 nitrogen and oxygen atoms in total. The Morgan fingerprint density at radius 1 is 1.44 bits per heavy atom. The molecule has 1 fully saturated rings. The zero-order valence-electron chi connectivity index (χ0n) is 9.74. The van der Waals surface area contributed by atoms with Crippen LogP contribution in [-0.4, -0.2) is 16.1 Å². The first-order chi connectivity index (χ1) is 8.77. The molecule has 94 valence electrons. The van der Waals surface area contributed by atoms with E-state index in [0.717, 1.165) is 25.1 Å². The highest BCUT2D eigenvalue weighted by atomic mass is 35.5. The fraction of sp³-hybridized carbons (Fsp3) is 0.308. The molecule has 0 aliphatic carbocycles. The van der Waals surface area contributed by atoms with Gasteiger partial charge in [0.1, 0.15) is 0 Å². The lowest BCUT2D eigenvalue weighted by molar-refractivity contribution is 0.591. The van der Waals surface area contributed by atoms with Gasteiger partial charge in [0.2, 0.25) is 0 Å². The van der Waals surface area contributed by atoms with E-state index >= 15 is 0 Å². The van der Waals surface area contributed by atoms with Gasteiger partial charge in [-0.1, -0.05) is 17.7 Å². The van der Waals surface area contributed by atoms with Crippen molar-refractivity contribution in [2.24, 2.45) is 0 Å². The average Bonchev–Trinajstić information content (AvgIpc) is 3.01. The highest BCUT2D eigenvalue weighted by molar-refractivity contribution is 6.30. The molecule has 1 unspecified atom stereocenters. The minimum Gasteiger partial charge on any atom is -0.309 e. The van der Waals surface area contributed by atoms with Crippen molar-refractivity contribution in [2.45, 2.75) is 18.9 Å². The molecule has 18 heavy (non-hydrogen) atoms. The smallest absolute Gasteiger partial charge is 0.165 e. The number of hydrogen-bond acceptors (Lipinski definition) is 2. The van der Waals surface area contributed by atoms with Crippen LogP contribution < -0.4 is 5.32 Å². The molecule has 1 aliphatic rings. The molecule has 0 saturated carbocycles. The van der Waals surface area contributed by atoms with Crippen LogP contribution in [-0.2, 0) is 0 Å². The van der Waals surface area contributed by atoms with Gasteiger partial charge in [-0.2, -0.15) is 0 Å².